The minimum atomic E-state index is -2.89. The summed E-state index contributed by atoms with van der Waals surface area (Å²) in [6.07, 6.45) is 1.41. The van der Waals surface area contributed by atoms with E-state index < -0.39 is 6.61 Å². The van der Waals surface area contributed by atoms with Gasteiger partial charge < -0.3 is 4.74 Å². The molecule has 0 aliphatic heterocycles. The molecule has 26 heavy (non-hydrogen) atoms. The number of para-hydroxylation sites is 1. The number of ether oxygens (including phenoxy) is 1. The minimum Gasteiger partial charge on any atom is -0.434 e. The maximum Gasteiger partial charge on any atom is 0.387 e. The van der Waals surface area contributed by atoms with Gasteiger partial charge in [-0.05, 0) is 12.1 Å². The SMILES string of the molecule is FC(F)Oc1ccccc1/C=N/N=C(c1ccccc1)c1ccccc1. The van der Waals surface area contributed by atoms with Gasteiger partial charge in [-0.25, -0.2) is 0 Å². The average Bonchev–Trinajstić information content (AvgIpc) is 2.67. The molecule has 3 rings (SSSR count). The van der Waals surface area contributed by atoms with E-state index in [0.717, 1.165) is 11.1 Å². The van der Waals surface area contributed by atoms with Crippen molar-refractivity contribution < 1.29 is 13.5 Å². The van der Waals surface area contributed by atoms with E-state index in [-0.39, 0.29) is 5.75 Å². The number of alkyl halides is 2. The lowest BCUT2D eigenvalue weighted by molar-refractivity contribution is -0.0499. The number of benzene rings is 3. The van der Waals surface area contributed by atoms with Crippen molar-refractivity contribution in [2.24, 2.45) is 10.2 Å². The summed E-state index contributed by atoms with van der Waals surface area (Å²) in [5.41, 5.74) is 2.94. The van der Waals surface area contributed by atoms with Gasteiger partial charge in [0.25, 0.3) is 0 Å². The second-order valence-corrected chi connectivity index (χ2v) is 5.34. The third-order valence-corrected chi connectivity index (χ3v) is 3.58. The van der Waals surface area contributed by atoms with E-state index in [9.17, 15) is 8.78 Å². The Morgan fingerprint density at radius 1 is 0.769 bits per heavy atom. The van der Waals surface area contributed by atoms with Crippen LogP contribution in [-0.2, 0) is 0 Å². The molecule has 0 aliphatic carbocycles. The van der Waals surface area contributed by atoms with E-state index in [1.807, 2.05) is 60.7 Å². The van der Waals surface area contributed by atoms with Crippen molar-refractivity contribution in [3.8, 4) is 5.75 Å². The van der Waals surface area contributed by atoms with Gasteiger partial charge in [-0.15, -0.1) is 5.10 Å². The molecule has 0 aromatic heterocycles. The van der Waals surface area contributed by atoms with Crippen molar-refractivity contribution in [3.05, 3.63) is 102 Å². The maximum atomic E-state index is 12.5. The summed E-state index contributed by atoms with van der Waals surface area (Å²) in [4.78, 5) is 0. The summed E-state index contributed by atoms with van der Waals surface area (Å²) in [6.45, 7) is -2.89. The molecule has 0 spiro atoms. The van der Waals surface area contributed by atoms with Gasteiger partial charge in [0, 0.05) is 16.7 Å². The zero-order valence-electron chi connectivity index (χ0n) is 13.8. The van der Waals surface area contributed by atoms with Crippen LogP contribution in [0.15, 0.2) is 95.1 Å². The third-order valence-electron chi connectivity index (χ3n) is 3.58. The molecule has 0 heterocycles. The maximum absolute atomic E-state index is 12.5. The molecular weight excluding hydrogens is 334 g/mol. The molecule has 0 fully saturated rings. The Labute approximate surface area is 150 Å². The topological polar surface area (TPSA) is 34.0 Å². The minimum absolute atomic E-state index is 0.0578. The van der Waals surface area contributed by atoms with Crippen molar-refractivity contribution in [1.29, 1.82) is 0 Å². The first-order valence-corrected chi connectivity index (χ1v) is 8.00. The van der Waals surface area contributed by atoms with E-state index in [1.165, 1.54) is 12.3 Å². The van der Waals surface area contributed by atoms with Gasteiger partial charge in [0.1, 0.15) is 11.5 Å². The standard InChI is InChI=1S/C21H16F2N2O/c22-21(23)26-19-14-8-7-13-18(19)15-24-25-20(16-9-3-1-4-10-16)17-11-5-2-6-12-17/h1-15,21H/b24-15+. The van der Waals surface area contributed by atoms with Crippen LogP contribution < -0.4 is 4.74 Å². The van der Waals surface area contributed by atoms with Crippen LogP contribution in [0, 0.1) is 0 Å². The Morgan fingerprint density at radius 3 is 1.88 bits per heavy atom. The fourth-order valence-corrected chi connectivity index (χ4v) is 2.41. The third kappa shape index (κ3) is 4.60. The van der Waals surface area contributed by atoms with E-state index >= 15 is 0 Å². The molecular formula is C21H16F2N2O. The van der Waals surface area contributed by atoms with Crippen LogP contribution >= 0.6 is 0 Å². The lowest BCUT2D eigenvalue weighted by Crippen LogP contribution is -2.04. The zero-order valence-corrected chi connectivity index (χ0v) is 13.8. The molecule has 130 valence electrons. The molecule has 3 aromatic carbocycles. The molecule has 3 nitrogen and oxygen atoms in total. The molecule has 0 saturated carbocycles. The first-order valence-electron chi connectivity index (χ1n) is 8.00. The molecule has 3 aromatic rings. The summed E-state index contributed by atoms with van der Waals surface area (Å²) in [7, 11) is 0. The second-order valence-electron chi connectivity index (χ2n) is 5.34. The molecule has 0 bridgehead atoms. The number of halogens is 2. The van der Waals surface area contributed by atoms with Crippen LogP contribution in [0.1, 0.15) is 16.7 Å². The van der Waals surface area contributed by atoms with Crippen LogP contribution in [0.4, 0.5) is 8.78 Å². The van der Waals surface area contributed by atoms with Crippen molar-refractivity contribution >= 4 is 11.9 Å². The quantitative estimate of drug-likeness (QED) is 0.447. The van der Waals surface area contributed by atoms with Gasteiger partial charge in [-0.2, -0.15) is 13.9 Å². The number of nitrogens with zero attached hydrogens (tertiary/aromatic N) is 2. The summed E-state index contributed by atoms with van der Waals surface area (Å²) < 4.78 is 29.5. The molecule has 0 aliphatic rings. The number of hydrogen-bond donors (Lipinski definition) is 0. The van der Waals surface area contributed by atoms with Gasteiger partial charge >= 0.3 is 6.61 Å². The number of rotatable bonds is 6. The van der Waals surface area contributed by atoms with Crippen LogP contribution in [0.3, 0.4) is 0 Å². The highest BCUT2D eigenvalue weighted by Crippen LogP contribution is 2.18. The number of hydrogen-bond acceptors (Lipinski definition) is 3. The Morgan fingerprint density at radius 2 is 1.31 bits per heavy atom. The first kappa shape index (κ1) is 17.5. The largest absolute Gasteiger partial charge is 0.434 e. The first-order chi connectivity index (χ1) is 12.7. The van der Waals surface area contributed by atoms with Gasteiger partial charge in [0.05, 0.1) is 6.21 Å². The van der Waals surface area contributed by atoms with Crippen molar-refractivity contribution in [2.75, 3.05) is 0 Å². The second kappa shape index (κ2) is 8.67. The fourth-order valence-electron chi connectivity index (χ4n) is 2.41. The van der Waals surface area contributed by atoms with Crippen molar-refractivity contribution in [3.63, 3.8) is 0 Å². The zero-order chi connectivity index (χ0) is 18.2. The molecule has 0 radical (unpaired) electrons. The fraction of sp³-hybridized carbons (Fsp3) is 0.0476. The Hall–Kier alpha value is -3.34. The monoisotopic (exact) mass is 350 g/mol. The predicted octanol–water partition coefficient (Wildman–Crippen LogP) is 5.16. The van der Waals surface area contributed by atoms with Gasteiger partial charge in [-0.3, -0.25) is 0 Å². The smallest absolute Gasteiger partial charge is 0.387 e. The van der Waals surface area contributed by atoms with Crippen molar-refractivity contribution in [1.82, 2.24) is 0 Å². The lowest BCUT2D eigenvalue weighted by atomic mass is 10.0. The normalized spacial score (nSPS) is 10.9. The summed E-state index contributed by atoms with van der Waals surface area (Å²) >= 11 is 0. The van der Waals surface area contributed by atoms with Crippen LogP contribution in [-0.4, -0.2) is 18.5 Å². The van der Waals surface area contributed by atoms with Gasteiger partial charge in [0.2, 0.25) is 0 Å². The van der Waals surface area contributed by atoms with E-state index in [2.05, 4.69) is 14.9 Å². The Balaban J connectivity index is 1.94. The summed E-state index contributed by atoms with van der Waals surface area (Å²) in [5, 5.41) is 8.42. The predicted molar refractivity (Wildman–Crippen MR) is 99.2 cm³/mol. The van der Waals surface area contributed by atoms with Crippen LogP contribution in [0.5, 0.6) is 5.75 Å². The summed E-state index contributed by atoms with van der Waals surface area (Å²) in [5.74, 6) is 0.0578. The molecule has 0 unspecified atom stereocenters. The van der Waals surface area contributed by atoms with Crippen LogP contribution in [0.25, 0.3) is 0 Å². The van der Waals surface area contributed by atoms with E-state index in [1.54, 1.807) is 18.2 Å². The highest BCUT2D eigenvalue weighted by molar-refractivity contribution is 6.12. The van der Waals surface area contributed by atoms with Crippen LogP contribution in [0.2, 0.25) is 0 Å². The highest BCUT2D eigenvalue weighted by atomic mass is 19.3. The average molecular weight is 350 g/mol. The summed E-state index contributed by atoms with van der Waals surface area (Å²) in [6, 6.07) is 25.7. The van der Waals surface area contributed by atoms with E-state index in [4.69, 9.17) is 0 Å². The lowest BCUT2D eigenvalue weighted by Gasteiger charge is -2.07. The highest BCUT2D eigenvalue weighted by Gasteiger charge is 2.08. The molecule has 0 saturated heterocycles. The van der Waals surface area contributed by atoms with Gasteiger partial charge in [-0.1, -0.05) is 72.8 Å². The van der Waals surface area contributed by atoms with Crippen molar-refractivity contribution in [2.45, 2.75) is 6.61 Å². The molecule has 0 N–H and O–H groups in total. The molecule has 5 heteroatoms. The molecule has 0 amide bonds. The molecule has 0 atom stereocenters. The Kier molecular flexibility index (Phi) is 5.83. The van der Waals surface area contributed by atoms with E-state index in [0.29, 0.717) is 11.3 Å². The Bertz CT molecular complexity index is 853. The van der Waals surface area contributed by atoms with Gasteiger partial charge in [0.15, 0.2) is 0 Å².